The molecule has 1 heterocycles. The Morgan fingerprint density at radius 1 is 0.969 bits per heavy atom. The molecule has 0 bridgehead atoms. The van der Waals surface area contributed by atoms with Gasteiger partial charge in [0, 0.05) is 49.4 Å². The van der Waals surface area contributed by atoms with Gasteiger partial charge in [0.1, 0.15) is 0 Å². The largest absolute Gasteiger partial charge is 0.352 e. The van der Waals surface area contributed by atoms with Crippen molar-refractivity contribution in [2.75, 3.05) is 25.0 Å². The zero-order valence-corrected chi connectivity index (χ0v) is 18.1. The predicted octanol–water partition coefficient (Wildman–Crippen LogP) is 2.53. The van der Waals surface area contributed by atoms with Crippen molar-refractivity contribution in [2.45, 2.75) is 30.6 Å². The van der Waals surface area contributed by atoms with Crippen LogP contribution in [-0.2, 0) is 14.8 Å². The van der Waals surface area contributed by atoms with E-state index in [4.69, 9.17) is 0 Å². The number of rotatable bonds is 8. The number of non-ortho nitro benzene ring substituents is 1. The number of nitrogens with zero attached hydrogens (tertiary/aromatic N) is 2. The number of carbonyl (C=O) groups is 2. The Morgan fingerprint density at radius 3 is 2.19 bits per heavy atom. The molecule has 0 radical (unpaired) electrons. The summed E-state index contributed by atoms with van der Waals surface area (Å²) in [5, 5.41) is 15.9. The molecular weight excluding hydrogens is 436 g/mol. The molecule has 1 saturated heterocycles. The Hall–Kier alpha value is -3.31. The number of carbonyl (C=O) groups excluding carboxylic acids is 2. The standard InChI is InChI=1S/C21H24N4O6S/c26-20(12-13-22-21(27)16-4-8-18(9-5-16)25(28)29)23-17-6-10-19(11-7-17)32(30,31)24-14-2-1-3-15-24/h4-11H,1-3,12-15H2,(H,22,27)(H,23,26). The van der Waals surface area contributed by atoms with Crippen LogP contribution in [-0.4, -0.2) is 49.1 Å². The molecule has 0 aromatic heterocycles. The molecule has 2 amide bonds. The first-order valence-electron chi connectivity index (χ1n) is 10.2. The second-order valence-corrected chi connectivity index (χ2v) is 9.29. The molecule has 0 saturated carbocycles. The minimum atomic E-state index is -3.53. The fourth-order valence-corrected chi connectivity index (χ4v) is 4.83. The van der Waals surface area contributed by atoms with E-state index >= 15 is 0 Å². The summed E-state index contributed by atoms with van der Waals surface area (Å²) in [4.78, 5) is 34.5. The Kier molecular flexibility index (Phi) is 7.54. The fourth-order valence-electron chi connectivity index (χ4n) is 3.31. The van der Waals surface area contributed by atoms with Crippen LogP contribution in [0.4, 0.5) is 11.4 Å². The van der Waals surface area contributed by atoms with Gasteiger partial charge >= 0.3 is 0 Å². The quantitative estimate of drug-likeness (QED) is 0.458. The third-order valence-corrected chi connectivity index (χ3v) is 6.98. The van der Waals surface area contributed by atoms with E-state index in [2.05, 4.69) is 10.6 Å². The average Bonchev–Trinajstić information content (AvgIpc) is 2.80. The van der Waals surface area contributed by atoms with Gasteiger partial charge in [-0.05, 0) is 49.2 Å². The first-order valence-corrected chi connectivity index (χ1v) is 11.6. The number of nitro groups is 1. The number of nitro benzene ring substituents is 1. The van der Waals surface area contributed by atoms with Gasteiger partial charge in [0.15, 0.2) is 0 Å². The topological polar surface area (TPSA) is 139 Å². The molecule has 1 aliphatic heterocycles. The van der Waals surface area contributed by atoms with Gasteiger partial charge < -0.3 is 10.6 Å². The molecular formula is C21H24N4O6S. The van der Waals surface area contributed by atoms with Crippen LogP contribution in [0.5, 0.6) is 0 Å². The number of piperidine rings is 1. The maximum Gasteiger partial charge on any atom is 0.269 e. The van der Waals surface area contributed by atoms with E-state index in [-0.39, 0.29) is 35.0 Å². The van der Waals surface area contributed by atoms with E-state index in [9.17, 15) is 28.1 Å². The Morgan fingerprint density at radius 2 is 1.59 bits per heavy atom. The molecule has 0 unspecified atom stereocenters. The average molecular weight is 461 g/mol. The zero-order chi connectivity index (χ0) is 23.1. The summed E-state index contributed by atoms with van der Waals surface area (Å²) in [6.45, 7) is 1.11. The minimum absolute atomic E-state index is 0.00650. The summed E-state index contributed by atoms with van der Waals surface area (Å²) in [6.07, 6.45) is 2.75. The van der Waals surface area contributed by atoms with Crippen molar-refractivity contribution in [3.05, 3.63) is 64.2 Å². The minimum Gasteiger partial charge on any atom is -0.352 e. The molecule has 32 heavy (non-hydrogen) atoms. The number of nitrogens with one attached hydrogen (secondary N) is 2. The molecule has 11 heteroatoms. The van der Waals surface area contributed by atoms with Crippen LogP contribution in [0.15, 0.2) is 53.4 Å². The van der Waals surface area contributed by atoms with Crippen LogP contribution < -0.4 is 10.6 Å². The predicted molar refractivity (Wildman–Crippen MR) is 118 cm³/mol. The molecule has 1 fully saturated rings. The van der Waals surface area contributed by atoms with E-state index in [0.29, 0.717) is 18.8 Å². The van der Waals surface area contributed by atoms with Crippen LogP contribution in [0.1, 0.15) is 36.0 Å². The van der Waals surface area contributed by atoms with Crippen LogP contribution >= 0.6 is 0 Å². The number of anilines is 1. The van der Waals surface area contributed by atoms with Crippen molar-refractivity contribution < 1.29 is 22.9 Å². The van der Waals surface area contributed by atoms with Gasteiger partial charge in [-0.25, -0.2) is 8.42 Å². The van der Waals surface area contributed by atoms with Gasteiger partial charge in [0.05, 0.1) is 9.82 Å². The van der Waals surface area contributed by atoms with E-state index in [1.54, 1.807) is 0 Å². The van der Waals surface area contributed by atoms with E-state index in [0.717, 1.165) is 19.3 Å². The maximum atomic E-state index is 12.7. The highest BCUT2D eigenvalue weighted by Crippen LogP contribution is 2.22. The number of hydrogen-bond donors (Lipinski definition) is 2. The number of hydrogen-bond acceptors (Lipinski definition) is 6. The highest BCUT2D eigenvalue weighted by molar-refractivity contribution is 7.89. The molecule has 10 nitrogen and oxygen atoms in total. The summed E-state index contributed by atoms with van der Waals surface area (Å²) in [5.41, 5.74) is 0.589. The lowest BCUT2D eigenvalue weighted by Crippen LogP contribution is -2.35. The monoisotopic (exact) mass is 460 g/mol. The van der Waals surface area contributed by atoms with Crippen molar-refractivity contribution in [3.63, 3.8) is 0 Å². The van der Waals surface area contributed by atoms with Gasteiger partial charge in [-0.15, -0.1) is 0 Å². The van der Waals surface area contributed by atoms with Gasteiger partial charge in [-0.2, -0.15) is 4.31 Å². The third kappa shape index (κ3) is 5.89. The maximum absolute atomic E-state index is 12.7. The van der Waals surface area contributed by atoms with E-state index < -0.39 is 20.9 Å². The first kappa shape index (κ1) is 23.4. The molecule has 0 aliphatic carbocycles. The Labute approximate surface area is 185 Å². The van der Waals surface area contributed by atoms with Crippen LogP contribution in [0.3, 0.4) is 0 Å². The molecule has 2 N–H and O–H groups in total. The van der Waals surface area contributed by atoms with Gasteiger partial charge in [-0.1, -0.05) is 6.42 Å². The van der Waals surface area contributed by atoms with Gasteiger partial charge in [0.25, 0.3) is 11.6 Å². The number of sulfonamides is 1. The Balaban J connectivity index is 1.47. The Bertz CT molecular complexity index is 1080. The van der Waals surface area contributed by atoms with E-state index in [1.165, 1.54) is 52.8 Å². The smallest absolute Gasteiger partial charge is 0.269 e. The fraction of sp³-hybridized carbons (Fsp3) is 0.333. The molecule has 3 rings (SSSR count). The molecule has 0 atom stereocenters. The summed E-state index contributed by atoms with van der Waals surface area (Å²) in [6, 6.07) is 11.1. The second-order valence-electron chi connectivity index (χ2n) is 7.35. The molecule has 2 aromatic carbocycles. The SMILES string of the molecule is O=C(CCNC(=O)c1ccc([N+](=O)[O-])cc1)Nc1ccc(S(=O)(=O)N2CCCCC2)cc1. The van der Waals surface area contributed by atoms with Gasteiger partial charge in [0.2, 0.25) is 15.9 Å². The normalized spacial score (nSPS) is 14.5. The summed E-state index contributed by atoms with van der Waals surface area (Å²) < 4.78 is 26.8. The van der Waals surface area contributed by atoms with Crippen LogP contribution in [0.25, 0.3) is 0 Å². The molecule has 1 aliphatic rings. The van der Waals surface area contributed by atoms with Crippen molar-refractivity contribution in [1.82, 2.24) is 9.62 Å². The third-order valence-electron chi connectivity index (χ3n) is 5.07. The van der Waals surface area contributed by atoms with Crippen molar-refractivity contribution >= 4 is 33.2 Å². The highest BCUT2D eigenvalue weighted by Gasteiger charge is 2.25. The summed E-state index contributed by atoms with van der Waals surface area (Å²) in [5.74, 6) is -0.791. The van der Waals surface area contributed by atoms with E-state index in [1.807, 2.05) is 0 Å². The second kappa shape index (κ2) is 10.3. The molecule has 170 valence electrons. The van der Waals surface area contributed by atoms with Crippen molar-refractivity contribution in [2.24, 2.45) is 0 Å². The first-order chi connectivity index (χ1) is 15.3. The zero-order valence-electron chi connectivity index (χ0n) is 17.3. The lowest BCUT2D eigenvalue weighted by atomic mass is 10.2. The summed E-state index contributed by atoms with van der Waals surface area (Å²) >= 11 is 0. The molecule has 2 aromatic rings. The van der Waals surface area contributed by atoms with Crippen molar-refractivity contribution in [1.29, 1.82) is 0 Å². The van der Waals surface area contributed by atoms with Gasteiger partial charge in [-0.3, -0.25) is 19.7 Å². The van der Waals surface area contributed by atoms with Crippen molar-refractivity contribution in [3.8, 4) is 0 Å². The number of benzene rings is 2. The lowest BCUT2D eigenvalue weighted by Gasteiger charge is -2.25. The van der Waals surface area contributed by atoms with Crippen LogP contribution in [0.2, 0.25) is 0 Å². The summed E-state index contributed by atoms with van der Waals surface area (Å²) in [7, 11) is -3.53. The molecule has 0 spiro atoms. The number of amides is 2. The lowest BCUT2D eigenvalue weighted by molar-refractivity contribution is -0.384. The highest BCUT2D eigenvalue weighted by atomic mass is 32.2. The van der Waals surface area contributed by atoms with Crippen LogP contribution in [0, 0.1) is 10.1 Å².